The normalized spacial score (nSPS) is 24.7. The average Bonchev–Trinajstić information content (AvgIpc) is 2.53. The Morgan fingerprint density at radius 2 is 1.79 bits per heavy atom. The van der Waals surface area contributed by atoms with Crippen LogP contribution in [0.3, 0.4) is 0 Å². The summed E-state index contributed by atoms with van der Waals surface area (Å²) in [5.41, 5.74) is 0.986. The average molecular weight is 356 g/mol. The smallest absolute Gasteiger partial charge is 0.342 e. The lowest BCUT2D eigenvalue weighted by Gasteiger charge is -2.38. The van der Waals surface area contributed by atoms with E-state index in [1.165, 1.54) is 0 Å². The maximum atomic E-state index is 12.6. The third-order valence-corrected chi connectivity index (χ3v) is 5.98. The van der Waals surface area contributed by atoms with Crippen LogP contribution in [-0.2, 0) is 23.9 Å². The van der Waals surface area contributed by atoms with Crippen LogP contribution in [0.2, 0.25) is 0 Å². The molecule has 24 heavy (non-hydrogen) atoms. The quantitative estimate of drug-likeness (QED) is 0.700. The molecule has 0 unspecified atom stereocenters. The number of likely N-dealkylation sites (tertiary alicyclic amines) is 1. The van der Waals surface area contributed by atoms with Crippen LogP contribution in [0.4, 0.5) is 0 Å². The lowest BCUT2D eigenvalue weighted by molar-refractivity contribution is -1.08. The van der Waals surface area contributed by atoms with Crippen LogP contribution in [0.25, 0.3) is 0 Å². The zero-order valence-electron chi connectivity index (χ0n) is 14.5. The lowest BCUT2D eigenvalue weighted by atomic mass is 9.93. The summed E-state index contributed by atoms with van der Waals surface area (Å²) < 4.78 is 36.0. The summed E-state index contributed by atoms with van der Waals surface area (Å²) >= 11 is 0. The number of quaternary nitrogens is 1. The van der Waals surface area contributed by atoms with Gasteiger partial charge in [-0.15, -0.1) is 0 Å². The summed E-state index contributed by atoms with van der Waals surface area (Å²) in [6, 6.07) is 6.61. The Morgan fingerprint density at radius 3 is 2.29 bits per heavy atom. The number of aryl methyl sites for hydroxylation is 1. The second-order valence-electron chi connectivity index (χ2n) is 6.45. The Bertz CT molecular complexity index is 661. The molecule has 0 aliphatic carbocycles. The van der Waals surface area contributed by atoms with Crippen LogP contribution in [0.5, 0.6) is 0 Å². The second kappa shape index (κ2) is 7.74. The lowest BCUT2D eigenvalue weighted by Crippen LogP contribution is -2.56. The van der Waals surface area contributed by atoms with E-state index in [9.17, 15) is 13.2 Å². The van der Waals surface area contributed by atoms with E-state index in [1.807, 2.05) is 6.92 Å². The number of carbonyl (C=O) groups is 1. The van der Waals surface area contributed by atoms with Gasteiger partial charge in [0.1, 0.15) is 25.4 Å². The molecular weight excluding hydrogens is 330 g/mol. The number of ketones is 1. The number of rotatable bonds is 7. The highest BCUT2D eigenvalue weighted by atomic mass is 32.2. The van der Waals surface area contributed by atoms with Crippen LogP contribution in [-0.4, -0.2) is 52.2 Å². The fourth-order valence-electron chi connectivity index (χ4n) is 2.99. The van der Waals surface area contributed by atoms with Crippen LogP contribution in [0.1, 0.15) is 25.3 Å². The third kappa shape index (κ3) is 4.63. The second-order valence-corrected chi connectivity index (χ2v) is 7.98. The van der Waals surface area contributed by atoms with E-state index in [0.29, 0.717) is 39.1 Å². The van der Waals surface area contributed by atoms with Gasteiger partial charge in [-0.1, -0.05) is 22.0 Å². The van der Waals surface area contributed by atoms with Crippen molar-refractivity contribution in [3.63, 3.8) is 0 Å². The number of hydrogen-bond donors (Lipinski definition) is 0. The summed E-state index contributed by atoms with van der Waals surface area (Å²) in [6.07, 6.45) is 1.25. The van der Waals surface area contributed by atoms with Gasteiger partial charge in [0.25, 0.3) is 0 Å². The molecule has 1 aliphatic rings. The Kier molecular flexibility index (Phi) is 6.14. The first-order valence-electron chi connectivity index (χ1n) is 8.16. The first-order valence-corrected chi connectivity index (χ1v) is 9.57. The minimum absolute atomic E-state index is 0.00975. The number of Topliss-reactive ketones (excluding diaryl/α,β-unsaturated/α-hetero) is 1. The van der Waals surface area contributed by atoms with E-state index in [0.717, 1.165) is 5.56 Å². The molecule has 1 aromatic carbocycles. The molecule has 1 saturated heterocycles. The largest absolute Gasteiger partial charge is 0.379 e. The number of methoxy groups -OCH3 is 1. The molecule has 1 aromatic rings. The molecule has 0 N–H and O–H groups in total. The van der Waals surface area contributed by atoms with E-state index >= 15 is 0 Å². The fourth-order valence-corrected chi connectivity index (χ4v) is 4.19. The Balaban J connectivity index is 2.19. The van der Waals surface area contributed by atoms with Crippen LogP contribution >= 0.6 is 0 Å². The molecule has 7 heteroatoms. The topological polar surface area (TPSA) is 69.7 Å². The van der Waals surface area contributed by atoms with Gasteiger partial charge >= 0.3 is 10.1 Å². The number of piperidine rings is 1. The van der Waals surface area contributed by atoms with Crippen molar-refractivity contribution in [3.8, 4) is 0 Å². The molecule has 0 atom stereocenters. The molecule has 1 heterocycles. The zero-order valence-corrected chi connectivity index (χ0v) is 15.3. The van der Waals surface area contributed by atoms with Gasteiger partial charge in [-0.2, -0.15) is 13.1 Å². The van der Waals surface area contributed by atoms with Crippen molar-refractivity contribution in [1.29, 1.82) is 0 Å². The maximum absolute atomic E-state index is 12.6. The Hall–Kier alpha value is -1.28. The van der Waals surface area contributed by atoms with Crippen molar-refractivity contribution in [1.82, 2.24) is 0 Å². The van der Waals surface area contributed by atoms with Crippen molar-refractivity contribution in [2.24, 2.45) is 5.92 Å². The van der Waals surface area contributed by atoms with Gasteiger partial charge < -0.3 is 4.74 Å². The predicted octanol–water partition coefficient (Wildman–Crippen LogP) is 2.08. The van der Waals surface area contributed by atoms with Gasteiger partial charge in [0.2, 0.25) is 0 Å². The van der Waals surface area contributed by atoms with E-state index in [1.54, 1.807) is 38.3 Å². The van der Waals surface area contributed by atoms with Crippen molar-refractivity contribution >= 4 is 15.9 Å². The molecule has 0 spiro atoms. The molecule has 134 valence electrons. The minimum Gasteiger partial charge on any atom is -0.379 e. The summed E-state index contributed by atoms with van der Waals surface area (Å²) in [7, 11) is -2.29. The van der Waals surface area contributed by atoms with Crippen molar-refractivity contribution < 1.29 is 26.9 Å². The van der Waals surface area contributed by atoms with E-state index in [2.05, 4.69) is 0 Å². The number of hydroxylamine groups is 3. The van der Waals surface area contributed by atoms with Gasteiger partial charge in [-0.3, -0.25) is 4.79 Å². The van der Waals surface area contributed by atoms with Crippen LogP contribution < -0.4 is 0 Å². The first kappa shape index (κ1) is 19.1. The van der Waals surface area contributed by atoms with E-state index < -0.39 is 10.1 Å². The highest BCUT2D eigenvalue weighted by molar-refractivity contribution is 7.86. The molecule has 6 nitrogen and oxygen atoms in total. The molecule has 0 bridgehead atoms. The third-order valence-electron chi connectivity index (χ3n) is 4.61. The van der Waals surface area contributed by atoms with Crippen molar-refractivity contribution in [2.45, 2.75) is 31.6 Å². The minimum atomic E-state index is -3.87. The molecular formula is C17H26NO5S+. The molecule has 1 fully saturated rings. The molecule has 0 saturated carbocycles. The van der Waals surface area contributed by atoms with Crippen LogP contribution in [0.15, 0.2) is 29.2 Å². The molecule has 1 aliphatic heterocycles. The number of benzene rings is 1. The molecule has 0 aromatic heterocycles. The standard InChI is InChI=1S/C17H26NO5S/c1-14-4-6-17(7-5-14)24(20,21)23-18(12-13-22-3)10-8-16(9-11-18)15(2)19/h4-7,16H,8-13H2,1-3H3/q+1. The van der Waals surface area contributed by atoms with Gasteiger partial charge in [-0.05, 0) is 26.0 Å². The molecule has 0 radical (unpaired) electrons. The summed E-state index contributed by atoms with van der Waals surface area (Å²) in [4.78, 5) is 11.7. The monoisotopic (exact) mass is 356 g/mol. The van der Waals surface area contributed by atoms with Crippen LogP contribution in [0, 0.1) is 12.8 Å². The summed E-state index contributed by atoms with van der Waals surface area (Å²) in [6.45, 7) is 5.29. The van der Waals surface area contributed by atoms with Gasteiger partial charge in [0, 0.05) is 25.9 Å². The first-order chi connectivity index (χ1) is 11.3. The Morgan fingerprint density at radius 1 is 1.21 bits per heavy atom. The maximum Gasteiger partial charge on any atom is 0.342 e. The fraction of sp³-hybridized carbons (Fsp3) is 0.588. The number of ether oxygens (including phenoxy) is 1. The van der Waals surface area contributed by atoms with Crippen molar-refractivity contribution in [3.05, 3.63) is 29.8 Å². The molecule has 2 rings (SSSR count). The SMILES string of the molecule is COCC[N+]1(OS(=O)(=O)c2ccc(C)cc2)CCC(C(C)=O)CC1. The number of nitrogens with zero attached hydrogens (tertiary/aromatic N) is 1. The number of hydrogen-bond acceptors (Lipinski definition) is 5. The van der Waals surface area contributed by atoms with Gasteiger partial charge in [-0.25, -0.2) is 0 Å². The van der Waals surface area contributed by atoms with Crippen molar-refractivity contribution in [2.75, 3.05) is 33.4 Å². The van der Waals surface area contributed by atoms with E-state index in [4.69, 9.17) is 9.02 Å². The predicted molar refractivity (Wildman–Crippen MR) is 89.6 cm³/mol. The highest BCUT2D eigenvalue weighted by Gasteiger charge is 2.41. The highest BCUT2D eigenvalue weighted by Crippen LogP contribution is 2.28. The summed E-state index contributed by atoms with van der Waals surface area (Å²) in [5.74, 6) is 0.144. The van der Waals surface area contributed by atoms with Gasteiger partial charge in [0.15, 0.2) is 0 Å². The number of carbonyl (C=O) groups excluding carboxylic acids is 1. The summed E-state index contributed by atoms with van der Waals surface area (Å²) in [5, 5.41) is 0. The Labute approximate surface area is 144 Å². The van der Waals surface area contributed by atoms with Gasteiger partial charge in [0.05, 0.1) is 11.5 Å². The van der Waals surface area contributed by atoms with E-state index in [-0.39, 0.29) is 21.2 Å². The zero-order chi connectivity index (χ0) is 17.8. The molecule has 0 amide bonds.